The van der Waals surface area contributed by atoms with Gasteiger partial charge in [0, 0.05) is 22.7 Å². The number of carbonyl (C=O) groups is 2. The monoisotopic (exact) mass is 538 g/mol. The number of rotatable bonds is 4. The van der Waals surface area contributed by atoms with E-state index in [0.717, 1.165) is 6.08 Å². The Hall–Kier alpha value is -2.46. The van der Waals surface area contributed by atoms with E-state index in [2.05, 4.69) is 0 Å². The van der Waals surface area contributed by atoms with Crippen LogP contribution in [-0.4, -0.2) is 52.3 Å². The Bertz CT molecular complexity index is 1200. The Labute approximate surface area is 217 Å². The molecule has 3 fully saturated rings. The molecule has 37 heavy (non-hydrogen) atoms. The summed E-state index contributed by atoms with van der Waals surface area (Å²) in [6.07, 6.45) is 1.48. The van der Waals surface area contributed by atoms with Gasteiger partial charge in [0.2, 0.25) is 17.7 Å². The summed E-state index contributed by atoms with van der Waals surface area (Å²) in [5.41, 5.74) is -6.82. The van der Waals surface area contributed by atoms with Gasteiger partial charge in [0.05, 0.1) is 12.4 Å². The Balaban J connectivity index is 1.64. The summed E-state index contributed by atoms with van der Waals surface area (Å²) >= 11 is 5.48. The molecule has 4 aliphatic carbocycles. The summed E-state index contributed by atoms with van der Waals surface area (Å²) in [7, 11) is 0. The quantitative estimate of drug-likeness (QED) is 0.426. The fourth-order valence-corrected chi connectivity index (χ4v) is 8.49. The number of thiocarbonyl (C=S) groups is 1. The predicted octanol–water partition coefficient (Wildman–Crippen LogP) is 5.01. The molecule has 1 aromatic rings. The second-order valence-corrected chi connectivity index (χ2v) is 11.5. The molecule has 0 saturated heterocycles. The third-order valence-electron chi connectivity index (χ3n) is 9.63. The van der Waals surface area contributed by atoms with E-state index in [9.17, 15) is 19.1 Å². The number of carbonyl (C=O) groups excluding carboxylic acids is 2. The number of fused-ring (bicyclic) bond motifs is 5. The molecule has 0 amide bonds. The van der Waals surface area contributed by atoms with Crippen LogP contribution in [-0.2, 0) is 14.3 Å². The standard InChI is InChI=1S/C27H29F3O6S/c1-14-9-16-17-11-19(29)18-10-15(31)6-7-24(18,2)26(17,30)21(32)12-25(16,3)27(14,23(37)35-13-28)36-22(33)20-5-4-8-34-20/h4-8,10,14,16-17,19,21,32H,9,11-13H2,1-3H3/t14?,16-,17-,19?,21?,24-,25-,26+,27?/m0/s1. The van der Waals surface area contributed by atoms with Crippen molar-refractivity contribution in [2.75, 3.05) is 6.86 Å². The van der Waals surface area contributed by atoms with E-state index in [1.165, 1.54) is 37.5 Å². The molecule has 0 spiro atoms. The summed E-state index contributed by atoms with van der Waals surface area (Å²) < 4.78 is 62.8. The van der Waals surface area contributed by atoms with Gasteiger partial charge in [-0.05, 0) is 74.2 Å². The molecule has 200 valence electrons. The Morgan fingerprint density at radius 2 is 2.03 bits per heavy atom. The van der Waals surface area contributed by atoms with Crippen LogP contribution >= 0.6 is 12.2 Å². The number of allylic oxidation sites excluding steroid dienone is 4. The fourth-order valence-electron chi connectivity index (χ4n) is 7.97. The van der Waals surface area contributed by atoms with Crippen molar-refractivity contribution in [3.8, 4) is 0 Å². The lowest BCUT2D eigenvalue weighted by Crippen LogP contribution is -2.71. The molecule has 1 N–H and O–H groups in total. The molecule has 5 rings (SSSR count). The van der Waals surface area contributed by atoms with Crippen LogP contribution in [0.4, 0.5) is 13.2 Å². The molecule has 0 aromatic carbocycles. The summed E-state index contributed by atoms with van der Waals surface area (Å²) in [6.45, 7) is 3.67. The van der Waals surface area contributed by atoms with Crippen molar-refractivity contribution in [3.05, 3.63) is 48.0 Å². The molecule has 0 radical (unpaired) electrons. The normalized spacial score (nSPS) is 44.4. The van der Waals surface area contributed by atoms with Gasteiger partial charge in [-0.25, -0.2) is 18.0 Å². The van der Waals surface area contributed by atoms with Crippen LogP contribution in [0.25, 0.3) is 0 Å². The first-order valence-corrected chi connectivity index (χ1v) is 12.7. The lowest BCUT2D eigenvalue weighted by Gasteiger charge is -2.63. The van der Waals surface area contributed by atoms with E-state index in [0.29, 0.717) is 0 Å². The van der Waals surface area contributed by atoms with Crippen molar-refractivity contribution in [1.82, 2.24) is 0 Å². The van der Waals surface area contributed by atoms with Gasteiger partial charge in [-0.2, -0.15) is 0 Å². The molecule has 1 heterocycles. The molecular weight excluding hydrogens is 509 g/mol. The van der Waals surface area contributed by atoms with Gasteiger partial charge in [0.25, 0.3) is 0 Å². The lowest BCUT2D eigenvalue weighted by molar-refractivity contribution is -0.216. The van der Waals surface area contributed by atoms with Crippen molar-refractivity contribution in [2.24, 2.45) is 28.6 Å². The minimum atomic E-state index is -2.31. The van der Waals surface area contributed by atoms with Gasteiger partial charge in [0.1, 0.15) is 6.17 Å². The number of halogens is 3. The highest BCUT2D eigenvalue weighted by Crippen LogP contribution is 2.71. The smallest absolute Gasteiger partial charge is 0.375 e. The van der Waals surface area contributed by atoms with Crippen LogP contribution in [0.15, 0.2) is 46.6 Å². The molecule has 10 heteroatoms. The average Bonchev–Trinajstić information content (AvgIpc) is 3.45. The van der Waals surface area contributed by atoms with E-state index < -0.39 is 70.7 Å². The number of hydrogen-bond donors (Lipinski definition) is 1. The van der Waals surface area contributed by atoms with Gasteiger partial charge in [0.15, 0.2) is 17.1 Å². The van der Waals surface area contributed by atoms with E-state index in [4.69, 9.17) is 26.1 Å². The third kappa shape index (κ3) is 3.24. The van der Waals surface area contributed by atoms with Crippen LogP contribution in [0.2, 0.25) is 0 Å². The fraction of sp³-hybridized carbons (Fsp3) is 0.593. The van der Waals surface area contributed by atoms with Gasteiger partial charge in [-0.15, -0.1) is 0 Å². The molecule has 9 atom stereocenters. The maximum absolute atomic E-state index is 17.4. The maximum Gasteiger partial charge on any atom is 0.375 e. The number of ketones is 1. The number of alkyl halides is 3. The number of hydrogen-bond acceptors (Lipinski definition) is 7. The minimum absolute atomic E-state index is 0.0132. The SMILES string of the molecule is CC1C[C@H]2[C@@H]3CC(F)C4=CC(=O)C=C[C@]4(C)[C@]3(F)C(O)C[C@]2(C)C1(OC(=O)c1ccco1)C(=S)OCF. The van der Waals surface area contributed by atoms with Crippen molar-refractivity contribution < 1.29 is 41.8 Å². The van der Waals surface area contributed by atoms with Crippen LogP contribution in [0.5, 0.6) is 0 Å². The summed E-state index contributed by atoms with van der Waals surface area (Å²) in [5, 5.41) is 11.2. The van der Waals surface area contributed by atoms with Crippen LogP contribution in [0, 0.1) is 28.6 Å². The highest BCUT2D eigenvalue weighted by Gasteiger charge is 2.78. The highest BCUT2D eigenvalue weighted by molar-refractivity contribution is 7.80. The van der Waals surface area contributed by atoms with Crippen molar-refractivity contribution in [3.63, 3.8) is 0 Å². The Morgan fingerprint density at radius 1 is 1.30 bits per heavy atom. The number of furan rings is 1. The van der Waals surface area contributed by atoms with E-state index in [1.54, 1.807) is 13.8 Å². The van der Waals surface area contributed by atoms with Crippen molar-refractivity contribution in [1.29, 1.82) is 0 Å². The summed E-state index contributed by atoms with van der Waals surface area (Å²) in [4.78, 5) is 25.1. The van der Waals surface area contributed by atoms with E-state index in [-0.39, 0.29) is 35.6 Å². The zero-order valence-electron chi connectivity index (χ0n) is 20.7. The number of ether oxygens (including phenoxy) is 2. The number of esters is 1. The van der Waals surface area contributed by atoms with Gasteiger partial charge in [-0.1, -0.05) is 19.9 Å². The third-order valence-corrected chi connectivity index (χ3v) is 10.1. The molecule has 0 bridgehead atoms. The highest BCUT2D eigenvalue weighted by atomic mass is 32.1. The lowest BCUT2D eigenvalue weighted by atomic mass is 9.44. The molecule has 4 aliphatic rings. The van der Waals surface area contributed by atoms with E-state index in [1.807, 2.05) is 0 Å². The van der Waals surface area contributed by atoms with Crippen molar-refractivity contribution in [2.45, 2.75) is 63.6 Å². The molecule has 6 nitrogen and oxygen atoms in total. The topological polar surface area (TPSA) is 86.0 Å². The largest absolute Gasteiger partial charge is 0.457 e. The van der Waals surface area contributed by atoms with Crippen LogP contribution in [0.3, 0.4) is 0 Å². The first kappa shape index (κ1) is 26.2. The molecule has 1 aromatic heterocycles. The van der Waals surface area contributed by atoms with Crippen LogP contribution in [0.1, 0.15) is 50.6 Å². The summed E-state index contributed by atoms with van der Waals surface area (Å²) in [5.74, 6) is -3.63. The summed E-state index contributed by atoms with van der Waals surface area (Å²) in [6, 6.07) is 2.90. The first-order valence-electron chi connectivity index (χ1n) is 12.3. The molecule has 4 unspecified atom stereocenters. The minimum Gasteiger partial charge on any atom is -0.457 e. The predicted molar refractivity (Wildman–Crippen MR) is 130 cm³/mol. The van der Waals surface area contributed by atoms with Crippen molar-refractivity contribution >= 4 is 29.0 Å². The van der Waals surface area contributed by atoms with Gasteiger partial charge < -0.3 is 19.0 Å². The Kier molecular flexibility index (Phi) is 6.03. The second kappa shape index (κ2) is 8.53. The van der Waals surface area contributed by atoms with Gasteiger partial charge >= 0.3 is 5.97 Å². The molecular formula is C27H29F3O6S. The van der Waals surface area contributed by atoms with Crippen LogP contribution < -0.4 is 0 Å². The molecule has 3 saturated carbocycles. The Morgan fingerprint density at radius 3 is 2.68 bits per heavy atom. The zero-order valence-corrected chi connectivity index (χ0v) is 21.5. The number of aliphatic hydroxyl groups is 1. The average molecular weight is 539 g/mol. The first-order chi connectivity index (χ1) is 17.4. The van der Waals surface area contributed by atoms with Gasteiger partial charge in [-0.3, -0.25) is 4.79 Å². The second-order valence-electron chi connectivity index (χ2n) is 11.1. The maximum atomic E-state index is 17.4. The zero-order chi connectivity index (χ0) is 27.0. The van der Waals surface area contributed by atoms with E-state index >= 15 is 8.78 Å². The number of aliphatic hydroxyl groups excluding tert-OH is 1. The molecule has 0 aliphatic heterocycles.